The number of piperazine rings is 1. The minimum atomic E-state index is 0.0734. The number of carbonyl (C=O) groups is 1. The van der Waals surface area contributed by atoms with Gasteiger partial charge in [-0.2, -0.15) is 5.10 Å². The quantitative estimate of drug-likeness (QED) is 0.734. The van der Waals surface area contributed by atoms with E-state index in [4.69, 9.17) is 27.9 Å². The van der Waals surface area contributed by atoms with E-state index in [1.54, 1.807) is 4.68 Å². The van der Waals surface area contributed by atoms with E-state index in [9.17, 15) is 4.79 Å². The minimum absolute atomic E-state index is 0.0734. The van der Waals surface area contributed by atoms with Crippen LogP contribution in [0.2, 0.25) is 10.0 Å². The van der Waals surface area contributed by atoms with Gasteiger partial charge >= 0.3 is 0 Å². The van der Waals surface area contributed by atoms with Crippen molar-refractivity contribution >= 4 is 29.1 Å². The van der Waals surface area contributed by atoms with Gasteiger partial charge in [-0.1, -0.05) is 35.3 Å². The Morgan fingerprint density at radius 1 is 1.15 bits per heavy atom. The third-order valence-corrected chi connectivity index (χ3v) is 5.66. The molecule has 1 aliphatic rings. The van der Waals surface area contributed by atoms with Crippen LogP contribution in [-0.2, 0) is 11.3 Å². The fourth-order valence-corrected chi connectivity index (χ4v) is 3.45. The average molecular weight is 411 g/mol. The monoisotopic (exact) mass is 410 g/mol. The molecule has 1 aliphatic heterocycles. The van der Waals surface area contributed by atoms with Gasteiger partial charge in [0.2, 0.25) is 5.91 Å². The van der Waals surface area contributed by atoms with Crippen molar-refractivity contribution in [2.45, 2.75) is 20.4 Å². The van der Waals surface area contributed by atoms with Gasteiger partial charge in [-0.3, -0.25) is 14.4 Å². The van der Waals surface area contributed by atoms with E-state index < -0.39 is 0 Å². The van der Waals surface area contributed by atoms with Crippen LogP contribution in [0.5, 0.6) is 5.75 Å². The summed E-state index contributed by atoms with van der Waals surface area (Å²) in [7, 11) is 0. The molecule has 6 nitrogen and oxygen atoms in total. The minimum Gasteiger partial charge on any atom is -0.491 e. The summed E-state index contributed by atoms with van der Waals surface area (Å²) in [5.41, 5.74) is 1.59. The number of carbonyl (C=O) groups excluding carboxylic acids is 1. The molecule has 27 heavy (non-hydrogen) atoms. The van der Waals surface area contributed by atoms with E-state index in [0.717, 1.165) is 31.0 Å². The number of nitrogens with zero attached hydrogens (tertiary/aromatic N) is 4. The summed E-state index contributed by atoms with van der Waals surface area (Å²) < 4.78 is 7.43. The smallest absolute Gasteiger partial charge is 0.244 e. The maximum Gasteiger partial charge on any atom is 0.244 e. The lowest BCUT2D eigenvalue weighted by molar-refractivity contribution is -0.133. The molecule has 0 radical (unpaired) electrons. The van der Waals surface area contributed by atoms with Crippen molar-refractivity contribution in [2.24, 2.45) is 0 Å². The van der Waals surface area contributed by atoms with Crippen LogP contribution in [0, 0.1) is 13.8 Å². The first-order valence-electron chi connectivity index (χ1n) is 9.02. The zero-order valence-electron chi connectivity index (χ0n) is 15.6. The largest absolute Gasteiger partial charge is 0.491 e. The van der Waals surface area contributed by atoms with Gasteiger partial charge in [0, 0.05) is 32.7 Å². The Bertz CT molecular complexity index is 801. The van der Waals surface area contributed by atoms with Crippen molar-refractivity contribution in [3.05, 3.63) is 45.7 Å². The molecule has 8 heteroatoms. The van der Waals surface area contributed by atoms with Crippen molar-refractivity contribution in [3.8, 4) is 5.75 Å². The number of aryl methyl sites for hydroxylation is 1. The zero-order chi connectivity index (χ0) is 19.4. The number of halogens is 2. The Morgan fingerprint density at radius 3 is 2.48 bits per heavy atom. The Morgan fingerprint density at radius 2 is 1.85 bits per heavy atom. The summed E-state index contributed by atoms with van der Waals surface area (Å²) in [6, 6.07) is 7.47. The summed E-state index contributed by atoms with van der Waals surface area (Å²) in [4.78, 5) is 16.7. The Labute approximate surface area is 169 Å². The second-order valence-corrected chi connectivity index (χ2v) is 7.43. The predicted octanol–water partition coefficient (Wildman–Crippen LogP) is 3.03. The summed E-state index contributed by atoms with van der Waals surface area (Å²) >= 11 is 12.2. The van der Waals surface area contributed by atoms with Crippen LogP contribution in [0.25, 0.3) is 0 Å². The van der Waals surface area contributed by atoms with E-state index in [1.807, 2.05) is 43.0 Å². The highest BCUT2D eigenvalue weighted by Crippen LogP contribution is 2.23. The van der Waals surface area contributed by atoms with Crippen LogP contribution >= 0.6 is 23.2 Å². The molecule has 1 fully saturated rings. The van der Waals surface area contributed by atoms with Gasteiger partial charge < -0.3 is 9.64 Å². The third-order valence-electron chi connectivity index (χ3n) is 4.80. The first-order valence-corrected chi connectivity index (χ1v) is 9.78. The Kier molecular flexibility index (Phi) is 6.63. The molecule has 2 heterocycles. The van der Waals surface area contributed by atoms with E-state index in [1.165, 1.54) is 0 Å². The topological polar surface area (TPSA) is 50.6 Å². The van der Waals surface area contributed by atoms with Gasteiger partial charge in [0.15, 0.2) is 0 Å². The lowest BCUT2D eigenvalue weighted by Gasteiger charge is -2.34. The molecule has 2 aromatic rings. The maximum absolute atomic E-state index is 12.5. The standard InChI is InChI=1S/C19H24Cl2N4O2/c1-14-19(21)15(2)25(22-14)13-18(26)24-9-7-23(8-10-24)11-12-27-17-6-4-3-5-16(17)20/h3-6H,7-13H2,1-2H3. The Hall–Kier alpha value is -1.76. The van der Waals surface area contributed by atoms with E-state index in [0.29, 0.717) is 35.5 Å². The van der Waals surface area contributed by atoms with Gasteiger partial charge in [-0.25, -0.2) is 0 Å². The fourth-order valence-electron chi connectivity index (χ4n) is 3.12. The molecule has 1 aromatic heterocycles. The number of benzene rings is 1. The molecule has 0 aliphatic carbocycles. The maximum atomic E-state index is 12.5. The molecule has 1 aromatic carbocycles. The third kappa shape index (κ3) is 4.94. The van der Waals surface area contributed by atoms with E-state index in [2.05, 4.69) is 10.00 Å². The van der Waals surface area contributed by atoms with Crippen LogP contribution < -0.4 is 4.74 Å². The fraction of sp³-hybridized carbons (Fsp3) is 0.474. The molecule has 0 saturated carbocycles. The number of para-hydroxylation sites is 1. The van der Waals surface area contributed by atoms with Gasteiger partial charge in [0.1, 0.15) is 18.9 Å². The van der Waals surface area contributed by atoms with Crippen molar-refractivity contribution in [2.75, 3.05) is 39.3 Å². The number of aromatic nitrogens is 2. The number of amides is 1. The molecule has 3 rings (SSSR count). The van der Waals surface area contributed by atoms with E-state index >= 15 is 0 Å². The molecule has 0 atom stereocenters. The number of hydrogen-bond acceptors (Lipinski definition) is 4. The number of ether oxygens (including phenoxy) is 1. The van der Waals surface area contributed by atoms with Crippen molar-refractivity contribution in [3.63, 3.8) is 0 Å². The molecule has 1 amide bonds. The van der Waals surface area contributed by atoms with Crippen LogP contribution in [0.3, 0.4) is 0 Å². The molecular weight excluding hydrogens is 387 g/mol. The summed E-state index contributed by atoms with van der Waals surface area (Å²) in [6.07, 6.45) is 0. The lowest BCUT2D eigenvalue weighted by Crippen LogP contribution is -2.50. The Balaban J connectivity index is 1.42. The molecule has 0 spiro atoms. The molecule has 0 unspecified atom stereocenters. The van der Waals surface area contributed by atoms with Crippen LogP contribution in [0.4, 0.5) is 0 Å². The highest BCUT2D eigenvalue weighted by atomic mass is 35.5. The molecular formula is C19H24Cl2N4O2. The van der Waals surface area contributed by atoms with E-state index in [-0.39, 0.29) is 12.5 Å². The molecule has 0 N–H and O–H groups in total. The average Bonchev–Trinajstić information content (AvgIpc) is 2.90. The van der Waals surface area contributed by atoms with Gasteiger partial charge in [-0.15, -0.1) is 0 Å². The second kappa shape index (κ2) is 8.95. The van der Waals surface area contributed by atoms with Crippen LogP contribution in [-0.4, -0.2) is 64.8 Å². The molecule has 1 saturated heterocycles. The highest BCUT2D eigenvalue weighted by Gasteiger charge is 2.22. The van der Waals surface area contributed by atoms with Crippen molar-refractivity contribution in [1.29, 1.82) is 0 Å². The van der Waals surface area contributed by atoms with Crippen LogP contribution in [0.1, 0.15) is 11.4 Å². The summed E-state index contributed by atoms with van der Waals surface area (Å²) in [5.74, 6) is 0.778. The zero-order valence-corrected chi connectivity index (χ0v) is 17.1. The SMILES string of the molecule is Cc1nn(CC(=O)N2CCN(CCOc3ccccc3Cl)CC2)c(C)c1Cl. The first kappa shape index (κ1) is 20.0. The molecule has 146 valence electrons. The van der Waals surface area contributed by atoms with Crippen molar-refractivity contribution < 1.29 is 9.53 Å². The highest BCUT2D eigenvalue weighted by molar-refractivity contribution is 6.32. The van der Waals surface area contributed by atoms with Gasteiger partial charge in [-0.05, 0) is 26.0 Å². The predicted molar refractivity (Wildman–Crippen MR) is 107 cm³/mol. The normalized spacial score (nSPS) is 15.2. The molecule has 0 bridgehead atoms. The number of rotatable bonds is 6. The second-order valence-electron chi connectivity index (χ2n) is 6.64. The number of hydrogen-bond donors (Lipinski definition) is 0. The first-order chi connectivity index (χ1) is 13.0. The lowest BCUT2D eigenvalue weighted by atomic mass is 10.3. The van der Waals surface area contributed by atoms with Gasteiger partial charge in [0.25, 0.3) is 0 Å². The summed E-state index contributed by atoms with van der Waals surface area (Å²) in [5, 5.41) is 5.59. The summed E-state index contributed by atoms with van der Waals surface area (Å²) in [6.45, 7) is 8.41. The van der Waals surface area contributed by atoms with Crippen molar-refractivity contribution in [1.82, 2.24) is 19.6 Å². The van der Waals surface area contributed by atoms with Gasteiger partial charge in [0.05, 0.1) is 21.4 Å². The van der Waals surface area contributed by atoms with Crippen LogP contribution in [0.15, 0.2) is 24.3 Å².